The third kappa shape index (κ3) is 7.29. The second-order valence-corrected chi connectivity index (χ2v) is 10.2. The van der Waals surface area contributed by atoms with E-state index in [0.29, 0.717) is 6.04 Å². The summed E-state index contributed by atoms with van der Waals surface area (Å²) in [6.45, 7) is 4.24. The first kappa shape index (κ1) is 24.7. The fourth-order valence-corrected chi connectivity index (χ4v) is 5.33. The van der Waals surface area contributed by atoms with E-state index in [-0.39, 0.29) is 11.8 Å². The Morgan fingerprint density at radius 3 is 2.71 bits per heavy atom. The number of aromatic amines is 1. The normalized spacial score (nSPS) is 17.8. The molecule has 1 aromatic heterocycles. The molecule has 7 heteroatoms. The molecule has 0 atom stereocenters. The number of nitrogens with zero attached hydrogens (tertiary/aromatic N) is 3. The lowest BCUT2D eigenvalue weighted by Crippen LogP contribution is -2.49. The summed E-state index contributed by atoms with van der Waals surface area (Å²) in [4.78, 5) is 17.0. The number of likely N-dealkylation sites (tertiary alicyclic amines) is 1. The zero-order valence-electron chi connectivity index (χ0n) is 20.6. The third-order valence-corrected chi connectivity index (χ3v) is 7.44. The summed E-state index contributed by atoms with van der Waals surface area (Å²) in [5.74, 6) is 0.654. The van der Waals surface area contributed by atoms with Crippen LogP contribution in [0.3, 0.4) is 0 Å². The number of hydrogen-bond acceptors (Lipinski definition) is 3. The maximum atomic E-state index is 13.4. The minimum absolute atomic E-state index is 0.0579. The molecule has 1 aromatic carbocycles. The molecule has 186 valence electrons. The van der Waals surface area contributed by atoms with E-state index in [0.717, 1.165) is 81.0 Å². The monoisotopic (exact) mass is 469 g/mol. The first-order chi connectivity index (χ1) is 16.6. The quantitative estimate of drug-likeness (QED) is 0.469. The highest BCUT2D eigenvalue weighted by molar-refractivity contribution is 5.74. The van der Waals surface area contributed by atoms with E-state index in [9.17, 15) is 9.18 Å². The van der Waals surface area contributed by atoms with Gasteiger partial charge in [-0.05, 0) is 69.1 Å². The molecule has 0 unspecified atom stereocenters. The third-order valence-electron chi connectivity index (χ3n) is 7.44. The van der Waals surface area contributed by atoms with Crippen LogP contribution >= 0.6 is 0 Å². The van der Waals surface area contributed by atoms with Gasteiger partial charge in [-0.15, -0.1) is 0 Å². The topological polar surface area (TPSA) is 64.3 Å². The smallest absolute Gasteiger partial charge is 0.317 e. The number of hydrogen-bond donors (Lipinski definition) is 2. The van der Waals surface area contributed by atoms with Crippen LogP contribution in [-0.2, 0) is 6.42 Å². The van der Waals surface area contributed by atoms with Gasteiger partial charge in [-0.25, -0.2) is 9.18 Å². The summed E-state index contributed by atoms with van der Waals surface area (Å²) in [7, 11) is 1.89. The first-order valence-corrected chi connectivity index (χ1v) is 13.1. The summed E-state index contributed by atoms with van der Waals surface area (Å²) in [6.07, 6.45) is 11.7. The predicted octanol–water partition coefficient (Wildman–Crippen LogP) is 5.22. The average molecular weight is 470 g/mol. The fraction of sp³-hybridized carbons (Fsp3) is 0.630. The molecule has 6 nitrogen and oxygen atoms in total. The Labute approximate surface area is 203 Å². The molecule has 2 fully saturated rings. The average Bonchev–Trinajstić information content (AvgIpc) is 3.52. The lowest BCUT2D eigenvalue weighted by Gasteiger charge is -2.34. The van der Waals surface area contributed by atoms with E-state index < -0.39 is 0 Å². The second-order valence-electron chi connectivity index (χ2n) is 10.2. The molecule has 34 heavy (non-hydrogen) atoms. The molecule has 0 spiro atoms. The number of piperidine rings is 1. The molecule has 4 rings (SSSR count). The Kier molecular flexibility index (Phi) is 8.97. The Balaban J connectivity index is 1.07. The minimum atomic E-state index is -0.250. The van der Waals surface area contributed by atoms with Crippen LogP contribution in [0.4, 0.5) is 9.18 Å². The van der Waals surface area contributed by atoms with E-state index >= 15 is 0 Å². The molecule has 2 aliphatic rings. The molecule has 2 aromatic rings. The number of aryl methyl sites for hydroxylation is 1. The summed E-state index contributed by atoms with van der Waals surface area (Å²) < 4.78 is 13.4. The molecule has 2 heterocycles. The van der Waals surface area contributed by atoms with Crippen molar-refractivity contribution in [3.05, 3.63) is 41.8 Å². The van der Waals surface area contributed by atoms with Crippen LogP contribution in [0, 0.1) is 11.7 Å². The molecular weight excluding hydrogens is 429 g/mol. The van der Waals surface area contributed by atoms with Crippen molar-refractivity contribution in [1.29, 1.82) is 0 Å². The first-order valence-electron chi connectivity index (χ1n) is 13.1. The molecule has 0 bridgehead atoms. The molecule has 2 N–H and O–H groups in total. The number of unbranched alkanes of at least 4 members (excludes halogenated alkanes) is 2. The number of amides is 2. The van der Waals surface area contributed by atoms with Gasteiger partial charge in [0, 0.05) is 50.5 Å². The molecule has 0 radical (unpaired) electrons. The molecule has 2 amide bonds. The number of halogens is 1. The van der Waals surface area contributed by atoms with Gasteiger partial charge < -0.3 is 15.1 Å². The van der Waals surface area contributed by atoms with Crippen LogP contribution in [0.25, 0.3) is 11.3 Å². The number of aromatic nitrogens is 2. The van der Waals surface area contributed by atoms with E-state index in [1.54, 1.807) is 6.07 Å². The molecule has 1 aliphatic carbocycles. The van der Waals surface area contributed by atoms with Gasteiger partial charge in [0.05, 0.1) is 5.69 Å². The van der Waals surface area contributed by atoms with Crippen molar-refractivity contribution in [3.63, 3.8) is 0 Å². The van der Waals surface area contributed by atoms with Gasteiger partial charge in [0.15, 0.2) is 0 Å². The van der Waals surface area contributed by atoms with Crippen LogP contribution in [-0.4, -0.2) is 65.3 Å². The number of carbonyl (C=O) groups excluding carboxylic acids is 1. The molecular formula is C27H40FN5O. The highest BCUT2D eigenvalue weighted by atomic mass is 19.1. The maximum absolute atomic E-state index is 13.4. The highest BCUT2D eigenvalue weighted by Gasteiger charge is 2.24. The predicted molar refractivity (Wildman–Crippen MR) is 134 cm³/mol. The molecule has 1 aliphatic heterocycles. The number of H-pyrrole nitrogens is 1. The fourth-order valence-electron chi connectivity index (χ4n) is 5.33. The van der Waals surface area contributed by atoms with Crippen molar-refractivity contribution in [2.45, 2.75) is 70.3 Å². The van der Waals surface area contributed by atoms with Crippen molar-refractivity contribution in [3.8, 4) is 11.3 Å². The Morgan fingerprint density at radius 1 is 1.15 bits per heavy atom. The van der Waals surface area contributed by atoms with Gasteiger partial charge in [0.25, 0.3) is 0 Å². The zero-order chi connectivity index (χ0) is 23.8. The number of benzene rings is 1. The van der Waals surface area contributed by atoms with E-state index in [2.05, 4.69) is 20.4 Å². The van der Waals surface area contributed by atoms with E-state index in [4.69, 9.17) is 0 Å². The van der Waals surface area contributed by atoms with Crippen molar-refractivity contribution in [2.75, 3.05) is 33.2 Å². The van der Waals surface area contributed by atoms with Crippen molar-refractivity contribution < 1.29 is 9.18 Å². The highest BCUT2D eigenvalue weighted by Crippen LogP contribution is 2.26. The summed E-state index contributed by atoms with van der Waals surface area (Å²) in [6, 6.07) is 8.86. The minimum Gasteiger partial charge on any atom is -0.335 e. The van der Waals surface area contributed by atoms with Crippen LogP contribution < -0.4 is 5.32 Å². The lowest BCUT2D eigenvalue weighted by molar-refractivity contribution is 0.163. The van der Waals surface area contributed by atoms with Crippen molar-refractivity contribution >= 4 is 6.03 Å². The van der Waals surface area contributed by atoms with Gasteiger partial charge in [-0.3, -0.25) is 5.10 Å². The van der Waals surface area contributed by atoms with Gasteiger partial charge in [0.2, 0.25) is 0 Å². The summed E-state index contributed by atoms with van der Waals surface area (Å²) >= 11 is 0. The van der Waals surface area contributed by atoms with Crippen LogP contribution in [0.5, 0.6) is 0 Å². The SMILES string of the molecule is CN(CCCCCc1cc(-c2cccc(F)c2)n[nH]1)C(=O)NC1CCN(CC2CCCC2)CC1. The number of rotatable bonds is 10. The summed E-state index contributed by atoms with van der Waals surface area (Å²) in [5.41, 5.74) is 2.62. The van der Waals surface area contributed by atoms with Crippen molar-refractivity contribution in [1.82, 2.24) is 25.3 Å². The molecule has 1 saturated heterocycles. The number of urea groups is 1. The lowest BCUT2D eigenvalue weighted by atomic mass is 10.0. The van der Waals surface area contributed by atoms with E-state index in [1.165, 1.54) is 44.4 Å². The van der Waals surface area contributed by atoms with Crippen LogP contribution in [0.2, 0.25) is 0 Å². The summed E-state index contributed by atoms with van der Waals surface area (Å²) in [5, 5.41) is 10.6. The Bertz CT molecular complexity index is 902. The van der Waals surface area contributed by atoms with Gasteiger partial charge in [0.1, 0.15) is 5.82 Å². The van der Waals surface area contributed by atoms with Crippen LogP contribution in [0.15, 0.2) is 30.3 Å². The van der Waals surface area contributed by atoms with Gasteiger partial charge >= 0.3 is 6.03 Å². The maximum Gasteiger partial charge on any atom is 0.317 e. The largest absolute Gasteiger partial charge is 0.335 e. The zero-order valence-corrected chi connectivity index (χ0v) is 20.6. The van der Waals surface area contributed by atoms with Gasteiger partial charge in [-0.1, -0.05) is 31.4 Å². The van der Waals surface area contributed by atoms with E-state index in [1.807, 2.05) is 24.1 Å². The Morgan fingerprint density at radius 2 is 1.94 bits per heavy atom. The van der Waals surface area contributed by atoms with Crippen LogP contribution in [0.1, 0.15) is 63.5 Å². The number of carbonyl (C=O) groups is 1. The Hall–Kier alpha value is -2.41. The second kappa shape index (κ2) is 12.3. The molecule has 1 saturated carbocycles. The number of nitrogens with one attached hydrogen (secondary N) is 2. The van der Waals surface area contributed by atoms with Crippen molar-refractivity contribution in [2.24, 2.45) is 5.92 Å². The standard InChI is InChI=1S/C27H40FN5O/c1-32(27(34)29-24-13-16-33(17-14-24)20-21-8-4-5-9-21)15-6-2-3-12-25-19-26(31-30-25)22-10-7-11-23(28)18-22/h7,10-11,18-19,21,24H,2-6,8-9,12-17,20H2,1H3,(H,29,34)(H,30,31). The van der Waals surface area contributed by atoms with Gasteiger partial charge in [-0.2, -0.15) is 5.10 Å².